The van der Waals surface area contributed by atoms with Crippen LogP contribution in [0.3, 0.4) is 0 Å². The van der Waals surface area contributed by atoms with Crippen molar-refractivity contribution in [1.82, 2.24) is 0 Å². The summed E-state index contributed by atoms with van der Waals surface area (Å²) >= 11 is 0. The summed E-state index contributed by atoms with van der Waals surface area (Å²) in [6.45, 7) is 4.48. The number of rotatable bonds is 8. The molecule has 0 heteroatoms. The first kappa shape index (κ1) is 14.9. The highest BCUT2D eigenvalue weighted by molar-refractivity contribution is 5.09. The Morgan fingerprint density at radius 1 is 0.750 bits per heavy atom. The molecule has 0 radical (unpaired) electrons. The fraction of sp³-hybridized carbons (Fsp3) is 0.625. The minimum atomic E-state index is 0.911. The summed E-state index contributed by atoms with van der Waals surface area (Å²) in [5.74, 6) is 5.37. The van der Waals surface area contributed by atoms with Crippen LogP contribution >= 0.6 is 0 Å². The van der Waals surface area contributed by atoms with Gasteiger partial charge in [0.1, 0.15) is 0 Å². The second kappa shape index (κ2) is 10.4. The lowest BCUT2D eigenvalue weighted by atomic mass is 10.00. The molecule has 0 nitrogen and oxygen atoms in total. The van der Waals surface area contributed by atoms with Crippen molar-refractivity contribution in [3.05, 3.63) is 11.1 Å². The fourth-order valence-corrected chi connectivity index (χ4v) is 1.66. The predicted octanol–water partition coefficient (Wildman–Crippen LogP) is 4.71. The molecule has 0 aliphatic carbocycles. The molecule has 0 fully saturated rings. The molecule has 0 aromatic rings. The molecule has 16 heavy (non-hydrogen) atoms. The molecule has 0 aromatic heterocycles. The molecule has 0 rings (SSSR count). The van der Waals surface area contributed by atoms with Gasteiger partial charge in [-0.2, -0.15) is 0 Å². The van der Waals surface area contributed by atoms with Gasteiger partial charge in [-0.05, 0) is 52.4 Å². The van der Waals surface area contributed by atoms with E-state index in [1.54, 1.807) is 0 Å². The van der Waals surface area contributed by atoms with Crippen molar-refractivity contribution < 1.29 is 0 Å². The van der Waals surface area contributed by atoms with Gasteiger partial charge < -0.3 is 0 Å². The number of hydrogen-bond acceptors (Lipinski definition) is 0. The van der Waals surface area contributed by atoms with Crippen LogP contribution < -0.4 is 0 Å². The van der Waals surface area contributed by atoms with E-state index in [1.807, 2.05) is 0 Å². The average Bonchev–Trinajstić information content (AvgIpc) is 2.29. The second-order valence-electron chi connectivity index (χ2n) is 4.38. The molecule has 0 unspecified atom stereocenters. The molecule has 0 saturated carbocycles. The summed E-state index contributed by atoms with van der Waals surface area (Å²) in [6, 6.07) is 0. The summed E-state index contributed by atoms with van der Waals surface area (Å²) in [6.07, 6.45) is 19.4. The van der Waals surface area contributed by atoms with Gasteiger partial charge in [0.15, 0.2) is 0 Å². The third kappa shape index (κ3) is 8.19. The van der Waals surface area contributed by atoms with E-state index in [1.165, 1.54) is 36.8 Å². The summed E-state index contributed by atoms with van der Waals surface area (Å²) in [7, 11) is 0. The second-order valence-corrected chi connectivity index (χ2v) is 4.38. The highest BCUT2D eigenvalue weighted by atomic mass is 14.0. The summed E-state index contributed by atoms with van der Waals surface area (Å²) < 4.78 is 0. The topological polar surface area (TPSA) is 0 Å². The molecule has 0 aliphatic heterocycles. The Morgan fingerprint density at radius 3 is 1.44 bits per heavy atom. The first-order chi connectivity index (χ1) is 7.72. The Morgan fingerprint density at radius 2 is 1.12 bits per heavy atom. The van der Waals surface area contributed by atoms with E-state index >= 15 is 0 Å². The van der Waals surface area contributed by atoms with Gasteiger partial charge in [0.25, 0.3) is 0 Å². The number of hydrogen-bond donors (Lipinski definition) is 0. The minimum Gasteiger partial charge on any atom is -0.120 e. The van der Waals surface area contributed by atoms with Crippen LogP contribution in [0.1, 0.15) is 65.2 Å². The van der Waals surface area contributed by atoms with Crippen LogP contribution in [0.4, 0.5) is 0 Å². The van der Waals surface area contributed by atoms with Crippen molar-refractivity contribution in [3.63, 3.8) is 0 Å². The molecule has 0 aliphatic rings. The third-order valence-corrected chi connectivity index (χ3v) is 2.97. The third-order valence-electron chi connectivity index (χ3n) is 2.97. The van der Waals surface area contributed by atoms with Crippen molar-refractivity contribution in [1.29, 1.82) is 0 Å². The Bertz CT molecular complexity index is 250. The average molecular weight is 216 g/mol. The molecule has 0 saturated heterocycles. The van der Waals surface area contributed by atoms with Crippen LogP contribution in [0, 0.1) is 24.7 Å². The van der Waals surface area contributed by atoms with Crippen LogP contribution in [0.25, 0.3) is 0 Å². The van der Waals surface area contributed by atoms with Crippen molar-refractivity contribution in [3.8, 4) is 24.7 Å². The Hall–Kier alpha value is -1.14. The maximum atomic E-state index is 5.22. The van der Waals surface area contributed by atoms with Gasteiger partial charge in [-0.15, -0.1) is 24.7 Å². The molecular weight excluding hydrogens is 192 g/mol. The van der Waals surface area contributed by atoms with E-state index in [-0.39, 0.29) is 0 Å². The highest BCUT2D eigenvalue weighted by Crippen LogP contribution is 2.17. The molecule has 0 heterocycles. The zero-order chi connectivity index (χ0) is 12.2. The van der Waals surface area contributed by atoms with Gasteiger partial charge in [0, 0.05) is 12.8 Å². The summed E-state index contributed by atoms with van der Waals surface area (Å²) in [5, 5.41) is 0. The maximum absolute atomic E-state index is 5.22. The fourth-order valence-electron chi connectivity index (χ4n) is 1.66. The van der Waals surface area contributed by atoms with Crippen LogP contribution in [-0.4, -0.2) is 0 Å². The summed E-state index contributed by atoms with van der Waals surface area (Å²) in [5.41, 5.74) is 3.08. The molecule has 0 N–H and O–H groups in total. The normalized spacial score (nSPS) is 11.5. The lowest BCUT2D eigenvalue weighted by molar-refractivity contribution is 0.716. The SMILES string of the molecule is C#CCCCC/C(C)=C(/C)CCCCC#C. The number of unbranched alkanes of at least 4 members (excludes halogenated alkanes) is 4. The minimum absolute atomic E-state index is 0.911. The standard InChI is InChI=1S/C16H24/c1-5-7-9-11-13-15(3)16(4)14-12-10-8-6-2/h1-2H,7-14H2,3-4H3/b16-15-. The van der Waals surface area contributed by atoms with E-state index < -0.39 is 0 Å². The van der Waals surface area contributed by atoms with E-state index in [4.69, 9.17) is 12.8 Å². The van der Waals surface area contributed by atoms with E-state index in [0.29, 0.717) is 0 Å². The van der Waals surface area contributed by atoms with E-state index in [0.717, 1.165) is 25.7 Å². The number of terminal acetylenes is 2. The van der Waals surface area contributed by atoms with E-state index in [9.17, 15) is 0 Å². The zero-order valence-electron chi connectivity index (χ0n) is 10.8. The quantitative estimate of drug-likeness (QED) is 0.313. The monoisotopic (exact) mass is 216 g/mol. The summed E-state index contributed by atoms with van der Waals surface area (Å²) in [4.78, 5) is 0. The van der Waals surface area contributed by atoms with Gasteiger partial charge in [0.05, 0.1) is 0 Å². The Balaban J connectivity index is 3.70. The highest BCUT2D eigenvalue weighted by Gasteiger charge is 1.97. The Kier molecular flexibility index (Phi) is 9.64. The van der Waals surface area contributed by atoms with Crippen LogP contribution in [0.5, 0.6) is 0 Å². The van der Waals surface area contributed by atoms with E-state index in [2.05, 4.69) is 25.7 Å². The molecule has 0 spiro atoms. The molecular formula is C16H24. The molecule has 0 amide bonds. The van der Waals surface area contributed by atoms with Crippen LogP contribution in [-0.2, 0) is 0 Å². The first-order valence-corrected chi connectivity index (χ1v) is 6.24. The zero-order valence-corrected chi connectivity index (χ0v) is 10.8. The van der Waals surface area contributed by atoms with Crippen molar-refractivity contribution in [2.45, 2.75) is 65.2 Å². The largest absolute Gasteiger partial charge is 0.120 e. The van der Waals surface area contributed by atoms with Gasteiger partial charge in [-0.3, -0.25) is 0 Å². The van der Waals surface area contributed by atoms with Gasteiger partial charge >= 0.3 is 0 Å². The lowest BCUT2D eigenvalue weighted by Gasteiger charge is -2.07. The van der Waals surface area contributed by atoms with Crippen molar-refractivity contribution in [2.24, 2.45) is 0 Å². The van der Waals surface area contributed by atoms with Crippen LogP contribution in [0.15, 0.2) is 11.1 Å². The number of allylic oxidation sites excluding steroid dienone is 2. The molecule has 0 bridgehead atoms. The Labute approximate surface area is 102 Å². The first-order valence-electron chi connectivity index (χ1n) is 6.24. The maximum Gasteiger partial charge on any atom is 0.00861 e. The van der Waals surface area contributed by atoms with Crippen molar-refractivity contribution >= 4 is 0 Å². The molecule has 88 valence electrons. The van der Waals surface area contributed by atoms with Crippen LogP contribution in [0.2, 0.25) is 0 Å². The van der Waals surface area contributed by atoms with Gasteiger partial charge in [-0.25, -0.2) is 0 Å². The molecule has 0 atom stereocenters. The lowest BCUT2D eigenvalue weighted by Crippen LogP contribution is -1.87. The van der Waals surface area contributed by atoms with Crippen molar-refractivity contribution in [2.75, 3.05) is 0 Å². The smallest absolute Gasteiger partial charge is 0.00861 e. The van der Waals surface area contributed by atoms with Gasteiger partial charge in [0.2, 0.25) is 0 Å². The van der Waals surface area contributed by atoms with Gasteiger partial charge in [-0.1, -0.05) is 11.1 Å². The molecule has 0 aromatic carbocycles. The predicted molar refractivity (Wildman–Crippen MR) is 73.0 cm³/mol.